The van der Waals surface area contributed by atoms with E-state index in [-0.39, 0.29) is 31.3 Å². The van der Waals surface area contributed by atoms with Crippen LogP contribution in [0.15, 0.2) is 24.3 Å². The van der Waals surface area contributed by atoms with E-state index < -0.39 is 12.2 Å². The number of methoxy groups -OCH3 is 1. The molecule has 1 aromatic rings. The van der Waals surface area contributed by atoms with Crippen molar-refractivity contribution in [3.63, 3.8) is 0 Å². The van der Waals surface area contributed by atoms with Crippen LogP contribution in [-0.4, -0.2) is 69.1 Å². The predicted molar refractivity (Wildman–Crippen MR) is 110 cm³/mol. The number of hydrogen-bond acceptors (Lipinski definition) is 5. The number of carbonyl (C=O) groups is 2. The Kier molecular flexibility index (Phi) is 9.50. The Labute approximate surface area is 176 Å². The van der Waals surface area contributed by atoms with Gasteiger partial charge in [0, 0.05) is 24.2 Å². The average molecular weight is 428 g/mol. The molecule has 9 heteroatoms. The molecule has 2 N–H and O–H groups in total. The van der Waals surface area contributed by atoms with Crippen molar-refractivity contribution in [3.8, 4) is 0 Å². The zero-order valence-electron chi connectivity index (χ0n) is 17.2. The minimum absolute atomic E-state index is 0.105. The quantitative estimate of drug-likeness (QED) is 0.622. The highest BCUT2D eigenvalue weighted by molar-refractivity contribution is 6.30. The number of ether oxygens (including phenoxy) is 3. The fourth-order valence-electron chi connectivity index (χ4n) is 2.96. The minimum Gasteiger partial charge on any atom is -0.453 e. The molecule has 0 aromatic heterocycles. The smallest absolute Gasteiger partial charge is 0.406 e. The van der Waals surface area contributed by atoms with Gasteiger partial charge in [0.2, 0.25) is 0 Å². The summed E-state index contributed by atoms with van der Waals surface area (Å²) in [6.07, 6.45) is -0.453. The van der Waals surface area contributed by atoms with E-state index in [0.717, 1.165) is 12.0 Å². The van der Waals surface area contributed by atoms with Gasteiger partial charge in [0.15, 0.2) is 0 Å². The van der Waals surface area contributed by atoms with Gasteiger partial charge < -0.3 is 29.7 Å². The van der Waals surface area contributed by atoms with E-state index in [1.165, 1.54) is 7.11 Å². The van der Waals surface area contributed by atoms with Crippen LogP contribution in [0.5, 0.6) is 0 Å². The van der Waals surface area contributed by atoms with Crippen LogP contribution >= 0.6 is 11.6 Å². The Hall–Kier alpha value is -2.03. The summed E-state index contributed by atoms with van der Waals surface area (Å²) in [4.78, 5) is 25.5. The summed E-state index contributed by atoms with van der Waals surface area (Å²) in [5, 5.41) is 6.16. The van der Waals surface area contributed by atoms with E-state index >= 15 is 0 Å². The van der Waals surface area contributed by atoms with Gasteiger partial charge in [-0.2, -0.15) is 0 Å². The van der Waals surface area contributed by atoms with Gasteiger partial charge in [-0.3, -0.25) is 0 Å². The molecule has 162 valence electrons. The summed E-state index contributed by atoms with van der Waals surface area (Å²) in [6.45, 7) is 5.87. The highest BCUT2D eigenvalue weighted by atomic mass is 35.5. The van der Waals surface area contributed by atoms with E-state index in [2.05, 4.69) is 15.4 Å². The molecule has 3 atom stereocenters. The van der Waals surface area contributed by atoms with E-state index in [4.69, 9.17) is 21.1 Å². The summed E-state index contributed by atoms with van der Waals surface area (Å²) in [5.74, 6) is 0. The van der Waals surface area contributed by atoms with Crippen LogP contribution in [0.1, 0.15) is 31.9 Å². The van der Waals surface area contributed by atoms with Crippen molar-refractivity contribution >= 4 is 23.7 Å². The molecule has 1 aliphatic heterocycles. The summed E-state index contributed by atoms with van der Waals surface area (Å²) < 4.78 is 16.5. The van der Waals surface area contributed by atoms with Gasteiger partial charge in [0.25, 0.3) is 0 Å². The SMILES string of the molecule is CC[C@@H](C)NC(=O)N1CCO[C@@H]([C@@H](OCCNC(=O)OC)c2cccc(Cl)c2)C1. The van der Waals surface area contributed by atoms with Gasteiger partial charge in [0.05, 0.1) is 26.9 Å². The number of urea groups is 1. The molecule has 0 aliphatic carbocycles. The molecule has 2 rings (SSSR count). The zero-order chi connectivity index (χ0) is 21.2. The van der Waals surface area contributed by atoms with Crippen LogP contribution in [0, 0.1) is 0 Å². The second-order valence-electron chi connectivity index (χ2n) is 6.88. The number of nitrogens with one attached hydrogen (secondary N) is 2. The van der Waals surface area contributed by atoms with E-state index in [0.29, 0.717) is 24.7 Å². The second kappa shape index (κ2) is 11.8. The van der Waals surface area contributed by atoms with E-state index in [1.807, 2.05) is 32.0 Å². The molecule has 0 unspecified atom stereocenters. The molecule has 1 aliphatic rings. The van der Waals surface area contributed by atoms with Crippen molar-refractivity contribution in [2.24, 2.45) is 0 Å². The highest BCUT2D eigenvalue weighted by Crippen LogP contribution is 2.28. The van der Waals surface area contributed by atoms with Crippen molar-refractivity contribution in [1.82, 2.24) is 15.5 Å². The first-order valence-electron chi connectivity index (χ1n) is 9.80. The van der Waals surface area contributed by atoms with Crippen molar-refractivity contribution in [2.75, 3.05) is 40.0 Å². The lowest BCUT2D eigenvalue weighted by atomic mass is 10.0. The lowest BCUT2D eigenvalue weighted by Crippen LogP contribution is -2.52. The first-order valence-corrected chi connectivity index (χ1v) is 10.2. The van der Waals surface area contributed by atoms with Crippen LogP contribution in [0.2, 0.25) is 5.02 Å². The average Bonchev–Trinajstić information content (AvgIpc) is 2.73. The number of carbonyl (C=O) groups excluding carboxylic acids is 2. The van der Waals surface area contributed by atoms with Gasteiger partial charge in [-0.1, -0.05) is 30.7 Å². The topological polar surface area (TPSA) is 89.1 Å². The molecule has 8 nitrogen and oxygen atoms in total. The predicted octanol–water partition coefficient (Wildman–Crippen LogP) is 2.96. The number of alkyl carbamates (subject to hydrolysis) is 1. The lowest BCUT2D eigenvalue weighted by molar-refractivity contribution is -0.105. The Balaban J connectivity index is 2.06. The Morgan fingerprint density at radius 3 is 2.90 bits per heavy atom. The van der Waals surface area contributed by atoms with E-state index in [9.17, 15) is 9.59 Å². The summed E-state index contributed by atoms with van der Waals surface area (Å²) in [7, 11) is 1.31. The highest BCUT2D eigenvalue weighted by Gasteiger charge is 2.32. The fourth-order valence-corrected chi connectivity index (χ4v) is 3.16. The molecule has 3 amide bonds. The maximum Gasteiger partial charge on any atom is 0.406 e. The van der Waals surface area contributed by atoms with Crippen LogP contribution in [0.25, 0.3) is 0 Å². The van der Waals surface area contributed by atoms with Gasteiger partial charge in [0.1, 0.15) is 12.2 Å². The number of amides is 3. The number of nitrogens with zero attached hydrogens (tertiary/aromatic N) is 1. The van der Waals surface area contributed by atoms with Crippen molar-refractivity contribution in [2.45, 2.75) is 38.5 Å². The van der Waals surface area contributed by atoms with Crippen LogP contribution < -0.4 is 10.6 Å². The molecule has 1 aromatic carbocycles. The van der Waals surface area contributed by atoms with Crippen LogP contribution in [0.3, 0.4) is 0 Å². The molecule has 1 saturated heterocycles. The molecular weight excluding hydrogens is 398 g/mol. The number of benzene rings is 1. The maximum atomic E-state index is 12.5. The molecule has 0 bridgehead atoms. The molecule has 0 radical (unpaired) electrons. The molecule has 1 heterocycles. The van der Waals surface area contributed by atoms with Crippen molar-refractivity contribution in [1.29, 1.82) is 0 Å². The normalized spacial score (nSPS) is 18.6. The van der Waals surface area contributed by atoms with E-state index in [1.54, 1.807) is 11.0 Å². The van der Waals surface area contributed by atoms with Crippen LogP contribution in [0.4, 0.5) is 9.59 Å². The number of morpholine rings is 1. The fraction of sp³-hybridized carbons (Fsp3) is 0.600. The Morgan fingerprint density at radius 2 is 2.21 bits per heavy atom. The minimum atomic E-state index is -0.519. The maximum absolute atomic E-state index is 12.5. The Bertz CT molecular complexity index is 675. The number of halogens is 1. The molecule has 0 spiro atoms. The zero-order valence-corrected chi connectivity index (χ0v) is 17.9. The third kappa shape index (κ3) is 7.38. The standard InChI is InChI=1S/C20H30ClN3O5/c1-4-14(2)23-19(25)24-9-11-28-17(13-24)18(15-6-5-7-16(21)12-15)29-10-8-22-20(26)27-3/h5-7,12,14,17-18H,4,8-11,13H2,1-3H3,(H,22,26)(H,23,25)/t14-,17-,18+/m1/s1. The lowest BCUT2D eigenvalue weighted by Gasteiger charge is -2.37. The molecular formula is C20H30ClN3O5. The first kappa shape index (κ1) is 23.3. The van der Waals surface area contributed by atoms with Gasteiger partial charge >= 0.3 is 12.1 Å². The van der Waals surface area contributed by atoms with Gasteiger partial charge in [-0.25, -0.2) is 9.59 Å². The largest absolute Gasteiger partial charge is 0.453 e. The monoisotopic (exact) mass is 427 g/mol. The van der Waals surface area contributed by atoms with Crippen LogP contribution in [-0.2, 0) is 14.2 Å². The number of rotatable bonds is 8. The summed E-state index contributed by atoms with van der Waals surface area (Å²) in [5.41, 5.74) is 0.852. The van der Waals surface area contributed by atoms with Gasteiger partial charge in [-0.05, 0) is 31.0 Å². The first-order chi connectivity index (χ1) is 13.9. The molecule has 1 fully saturated rings. The Morgan fingerprint density at radius 1 is 1.41 bits per heavy atom. The molecule has 29 heavy (non-hydrogen) atoms. The third-order valence-electron chi connectivity index (χ3n) is 4.73. The van der Waals surface area contributed by atoms with Crippen molar-refractivity contribution in [3.05, 3.63) is 34.9 Å². The third-order valence-corrected chi connectivity index (χ3v) is 4.97. The summed E-state index contributed by atoms with van der Waals surface area (Å²) >= 11 is 6.16. The summed E-state index contributed by atoms with van der Waals surface area (Å²) in [6, 6.07) is 7.36. The van der Waals surface area contributed by atoms with Crippen molar-refractivity contribution < 1.29 is 23.8 Å². The molecule has 0 saturated carbocycles. The number of hydrogen-bond donors (Lipinski definition) is 2. The van der Waals surface area contributed by atoms with Gasteiger partial charge in [-0.15, -0.1) is 0 Å². The second-order valence-corrected chi connectivity index (χ2v) is 7.32.